The number of nitrogens with zero attached hydrogens (tertiary/aromatic N) is 3. The first-order valence-electron chi connectivity index (χ1n) is 8.33. The number of aromatic nitrogens is 2. The van der Waals surface area contributed by atoms with Gasteiger partial charge in [0.05, 0.1) is 18.8 Å². The summed E-state index contributed by atoms with van der Waals surface area (Å²) in [6.45, 7) is 7.25. The Bertz CT molecular complexity index is 696. The third-order valence-corrected chi connectivity index (χ3v) is 4.25. The SMILES string of the molecule is Cc1ccc(-c2nnc(CCC(=O)N3C[C@@H](C)OC[C@H]3C)o2)cc1. The monoisotopic (exact) mass is 329 g/mol. The molecule has 0 N–H and O–H groups in total. The normalized spacial score (nSPS) is 21.0. The van der Waals surface area contributed by atoms with E-state index in [1.807, 2.05) is 49.9 Å². The first-order chi connectivity index (χ1) is 11.5. The molecular weight excluding hydrogens is 306 g/mol. The molecule has 2 atom stereocenters. The standard InChI is InChI=1S/C18H23N3O3/c1-12-4-6-15(7-5-12)18-20-19-16(24-18)8-9-17(22)21-10-14(3)23-11-13(21)2/h4-7,13-14H,8-11H2,1-3H3/t13-,14-/m1/s1. The highest BCUT2D eigenvalue weighted by molar-refractivity contribution is 5.76. The molecule has 0 aliphatic carbocycles. The van der Waals surface area contributed by atoms with Gasteiger partial charge in [0.2, 0.25) is 17.7 Å². The van der Waals surface area contributed by atoms with Crippen LogP contribution in [0.25, 0.3) is 11.5 Å². The zero-order chi connectivity index (χ0) is 17.1. The Balaban J connectivity index is 1.59. The number of hydrogen-bond acceptors (Lipinski definition) is 5. The predicted molar refractivity (Wildman–Crippen MR) is 89.4 cm³/mol. The van der Waals surface area contributed by atoms with Crippen LogP contribution in [0.2, 0.25) is 0 Å². The lowest BCUT2D eigenvalue weighted by molar-refractivity contribution is -0.143. The van der Waals surface area contributed by atoms with E-state index in [4.69, 9.17) is 9.15 Å². The van der Waals surface area contributed by atoms with E-state index in [1.54, 1.807) is 0 Å². The van der Waals surface area contributed by atoms with Crippen molar-refractivity contribution in [2.24, 2.45) is 0 Å². The van der Waals surface area contributed by atoms with E-state index in [9.17, 15) is 4.79 Å². The quantitative estimate of drug-likeness (QED) is 0.862. The van der Waals surface area contributed by atoms with Crippen molar-refractivity contribution >= 4 is 5.91 Å². The minimum atomic E-state index is 0.0849. The van der Waals surface area contributed by atoms with Crippen LogP contribution in [0, 0.1) is 6.92 Å². The number of carbonyl (C=O) groups excluding carboxylic acids is 1. The van der Waals surface area contributed by atoms with E-state index >= 15 is 0 Å². The molecule has 1 aromatic carbocycles. The van der Waals surface area contributed by atoms with Crippen LogP contribution in [0.3, 0.4) is 0 Å². The van der Waals surface area contributed by atoms with Crippen LogP contribution in [-0.2, 0) is 16.0 Å². The van der Waals surface area contributed by atoms with Gasteiger partial charge < -0.3 is 14.1 Å². The third kappa shape index (κ3) is 3.82. The average Bonchev–Trinajstić information content (AvgIpc) is 3.04. The van der Waals surface area contributed by atoms with Crippen LogP contribution in [0.5, 0.6) is 0 Å². The van der Waals surface area contributed by atoms with E-state index in [-0.39, 0.29) is 18.1 Å². The van der Waals surface area contributed by atoms with Crippen molar-refractivity contribution in [3.8, 4) is 11.5 Å². The molecule has 6 heteroatoms. The summed E-state index contributed by atoms with van der Waals surface area (Å²) in [6.07, 6.45) is 0.907. The summed E-state index contributed by atoms with van der Waals surface area (Å²) in [5, 5.41) is 8.13. The summed E-state index contributed by atoms with van der Waals surface area (Å²) in [5.41, 5.74) is 2.07. The molecule has 1 fully saturated rings. The van der Waals surface area contributed by atoms with Gasteiger partial charge in [-0.2, -0.15) is 0 Å². The Morgan fingerprint density at radius 1 is 1.25 bits per heavy atom. The largest absolute Gasteiger partial charge is 0.421 e. The second-order valence-corrected chi connectivity index (χ2v) is 6.41. The van der Waals surface area contributed by atoms with Gasteiger partial charge in [0.1, 0.15) is 0 Å². The van der Waals surface area contributed by atoms with Gasteiger partial charge in [-0.1, -0.05) is 17.7 Å². The van der Waals surface area contributed by atoms with Crippen molar-refractivity contribution < 1.29 is 13.9 Å². The Morgan fingerprint density at radius 3 is 2.75 bits per heavy atom. The zero-order valence-corrected chi connectivity index (χ0v) is 14.4. The van der Waals surface area contributed by atoms with Gasteiger partial charge in [0.15, 0.2) is 0 Å². The second-order valence-electron chi connectivity index (χ2n) is 6.41. The number of aryl methyl sites for hydroxylation is 2. The summed E-state index contributed by atoms with van der Waals surface area (Å²) in [6, 6.07) is 8.02. The number of amides is 1. The van der Waals surface area contributed by atoms with E-state index in [0.717, 1.165) is 5.56 Å². The van der Waals surface area contributed by atoms with Gasteiger partial charge in [0.25, 0.3) is 0 Å². The highest BCUT2D eigenvalue weighted by Crippen LogP contribution is 2.19. The fourth-order valence-corrected chi connectivity index (χ4v) is 2.78. The highest BCUT2D eigenvalue weighted by atomic mass is 16.5. The minimum Gasteiger partial charge on any atom is -0.421 e. The van der Waals surface area contributed by atoms with E-state index in [0.29, 0.717) is 37.8 Å². The molecule has 128 valence electrons. The molecule has 2 aromatic rings. The molecule has 6 nitrogen and oxygen atoms in total. The molecular formula is C18H23N3O3. The molecule has 3 rings (SSSR count). The van der Waals surface area contributed by atoms with Gasteiger partial charge >= 0.3 is 0 Å². The van der Waals surface area contributed by atoms with Crippen molar-refractivity contribution in [2.75, 3.05) is 13.2 Å². The maximum atomic E-state index is 12.4. The summed E-state index contributed by atoms with van der Waals surface area (Å²) in [7, 11) is 0. The molecule has 1 aliphatic heterocycles. The lowest BCUT2D eigenvalue weighted by Crippen LogP contribution is -2.50. The topological polar surface area (TPSA) is 68.5 Å². The van der Waals surface area contributed by atoms with Crippen molar-refractivity contribution in [1.29, 1.82) is 0 Å². The summed E-state index contributed by atoms with van der Waals surface area (Å²) in [5.74, 6) is 1.09. The van der Waals surface area contributed by atoms with Gasteiger partial charge in [-0.15, -0.1) is 10.2 Å². The molecule has 0 bridgehead atoms. The van der Waals surface area contributed by atoms with E-state index in [1.165, 1.54) is 5.56 Å². The Hall–Kier alpha value is -2.21. The summed E-state index contributed by atoms with van der Waals surface area (Å²) < 4.78 is 11.2. The molecule has 1 amide bonds. The van der Waals surface area contributed by atoms with E-state index in [2.05, 4.69) is 10.2 Å². The van der Waals surface area contributed by atoms with E-state index < -0.39 is 0 Å². The van der Waals surface area contributed by atoms with Crippen LogP contribution >= 0.6 is 0 Å². The number of hydrogen-bond donors (Lipinski definition) is 0. The van der Waals surface area contributed by atoms with Crippen molar-refractivity contribution in [2.45, 2.75) is 45.8 Å². The fraction of sp³-hybridized carbons (Fsp3) is 0.500. The van der Waals surface area contributed by atoms with Crippen molar-refractivity contribution in [1.82, 2.24) is 15.1 Å². The first kappa shape index (κ1) is 16.6. The first-order valence-corrected chi connectivity index (χ1v) is 8.33. The number of carbonyl (C=O) groups is 1. The number of benzene rings is 1. The molecule has 2 heterocycles. The molecule has 0 radical (unpaired) electrons. The number of morpholine rings is 1. The second kappa shape index (κ2) is 7.13. The maximum absolute atomic E-state index is 12.4. The highest BCUT2D eigenvalue weighted by Gasteiger charge is 2.27. The molecule has 0 unspecified atom stereocenters. The van der Waals surface area contributed by atoms with Gasteiger partial charge in [0, 0.05) is 24.9 Å². The van der Waals surface area contributed by atoms with Crippen molar-refractivity contribution in [3.05, 3.63) is 35.7 Å². The number of ether oxygens (including phenoxy) is 1. The lowest BCUT2D eigenvalue weighted by Gasteiger charge is -2.36. The molecule has 0 spiro atoms. The van der Waals surface area contributed by atoms with Crippen LogP contribution in [0.1, 0.15) is 31.7 Å². The van der Waals surface area contributed by atoms with Crippen molar-refractivity contribution in [3.63, 3.8) is 0 Å². The lowest BCUT2D eigenvalue weighted by atomic mass is 10.1. The van der Waals surface area contributed by atoms with Gasteiger partial charge in [-0.05, 0) is 32.9 Å². The summed E-state index contributed by atoms with van der Waals surface area (Å²) >= 11 is 0. The Kier molecular flexibility index (Phi) is 4.94. The van der Waals surface area contributed by atoms with Gasteiger partial charge in [-0.3, -0.25) is 4.79 Å². The molecule has 1 saturated heterocycles. The Labute approximate surface area is 141 Å². The fourth-order valence-electron chi connectivity index (χ4n) is 2.78. The van der Waals surface area contributed by atoms with Crippen LogP contribution in [0.4, 0.5) is 0 Å². The van der Waals surface area contributed by atoms with Crippen LogP contribution in [-0.4, -0.2) is 46.3 Å². The molecule has 1 aliphatic rings. The molecule has 1 aromatic heterocycles. The third-order valence-electron chi connectivity index (χ3n) is 4.25. The Morgan fingerprint density at radius 2 is 2.00 bits per heavy atom. The number of rotatable bonds is 4. The minimum absolute atomic E-state index is 0.0849. The van der Waals surface area contributed by atoms with Crippen LogP contribution in [0.15, 0.2) is 28.7 Å². The molecule has 0 saturated carbocycles. The average molecular weight is 329 g/mol. The maximum Gasteiger partial charge on any atom is 0.247 e. The predicted octanol–water partition coefficient (Wildman–Crippen LogP) is 2.61. The van der Waals surface area contributed by atoms with Crippen LogP contribution < -0.4 is 0 Å². The smallest absolute Gasteiger partial charge is 0.247 e. The summed E-state index contributed by atoms with van der Waals surface area (Å²) in [4.78, 5) is 14.3. The molecule has 24 heavy (non-hydrogen) atoms. The van der Waals surface area contributed by atoms with Gasteiger partial charge in [-0.25, -0.2) is 0 Å². The zero-order valence-electron chi connectivity index (χ0n) is 14.4.